The van der Waals surface area contributed by atoms with Crippen molar-refractivity contribution in [2.45, 2.75) is 316 Å². The van der Waals surface area contributed by atoms with Crippen molar-refractivity contribution >= 4 is 77.7 Å². The Hall–Kier alpha value is -0.800. The summed E-state index contributed by atoms with van der Waals surface area (Å²) in [5, 5.41) is 0. The number of nitrogens with zero attached hydrogens (tertiary/aromatic N) is 1. The van der Waals surface area contributed by atoms with Crippen LogP contribution < -0.4 is 0 Å². The van der Waals surface area contributed by atoms with E-state index < -0.39 is 0 Å². The molecule has 2 aliphatic heterocycles. The normalized spacial score (nSPS) is 15.3. The molecule has 0 fully saturated rings. The molecule has 0 saturated carbocycles. The Bertz CT molecular complexity index is 1850. The fourth-order valence-electron chi connectivity index (χ4n) is 12.2. The molecule has 2 amide bonds. The van der Waals surface area contributed by atoms with Gasteiger partial charge in [0, 0.05) is 6.54 Å². The number of hydrogen-bond acceptors (Lipinski definition) is 5. The Kier molecular flexibility index (Phi) is 31.3. The lowest BCUT2D eigenvalue weighted by molar-refractivity contribution is 0.0652. The molecule has 3 aromatic rings. The predicted molar refractivity (Wildman–Crippen MR) is 328 cm³/mol. The van der Waals surface area contributed by atoms with Crippen LogP contribution in [0.3, 0.4) is 0 Å². The Morgan fingerprint density at radius 1 is 0.347 bits per heavy atom. The molecule has 0 radical (unpaired) electrons. The van der Waals surface area contributed by atoms with Gasteiger partial charge in [-0.15, -0.1) is 34.0 Å². The first-order chi connectivity index (χ1) is 35.3. The maximum Gasteiger partial charge on any atom is 0.263 e. The third kappa shape index (κ3) is 18.7. The van der Waals surface area contributed by atoms with E-state index in [1.807, 2.05) is 34.0 Å². The number of fused-ring (bicyclic) bond motifs is 9. The van der Waals surface area contributed by atoms with Crippen LogP contribution in [0.15, 0.2) is 7.57 Å². The van der Waals surface area contributed by atoms with Gasteiger partial charge in [0.2, 0.25) is 0 Å². The molecule has 0 aliphatic carbocycles. The first kappa shape index (κ1) is 62.0. The summed E-state index contributed by atoms with van der Waals surface area (Å²) in [5.74, 6) is 0.682. The van der Waals surface area contributed by atoms with E-state index in [4.69, 9.17) is 0 Å². The van der Waals surface area contributed by atoms with Crippen LogP contribution in [0.5, 0.6) is 0 Å². The average Bonchev–Trinajstić information content (AvgIpc) is 4.10. The van der Waals surface area contributed by atoms with E-state index in [0.717, 1.165) is 46.6 Å². The first-order valence-electron chi connectivity index (χ1n) is 31.0. The quantitative estimate of drug-likeness (QED) is 0.0418. The minimum Gasteiger partial charge on any atom is -0.274 e. The Balaban J connectivity index is 1.61. The molecule has 8 heteroatoms. The molecule has 0 N–H and O–H groups in total. The van der Waals surface area contributed by atoms with Crippen LogP contribution in [0.4, 0.5) is 0 Å². The van der Waals surface area contributed by atoms with Crippen LogP contribution in [0, 0.1) is 0 Å². The zero-order valence-electron chi connectivity index (χ0n) is 46.8. The summed E-state index contributed by atoms with van der Waals surface area (Å²) in [6.07, 6.45) is 53.6. The topological polar surface area (TPSA) is 37.4 Å². The van der Waals surface area contributed by atoms with E-state index in [9.17, 15) is 0 Å². The molecule has 2 unspecified atom stereocenters. The number of carbonyl (C=O) groups is 2. The summed E-state index contributed by atoms with van der Waals surface area (Å²) >= 11 is 14.2. The highest BCUT2D eigenvalue weighted by atomic mass is 79.9. The lowest BCUT2D eigenvalue weighted by Gasteiger charge is -2.31. The lowest BCUT2D eigenvalue weighted by atomic mass is 9.72. The molecular weight excluding hydrogens is 1070 g/mol. The van der Waals surface area contributed by atoms with Crippen molar-refractivity contribution in [3.8, 4) is 19.5 Å². The highest BCUT2D eigenvalue weighted by Crippen LogP contribution is 2.61. The maximum atomic E-state index is 15.1. The van der Waals surface area contributed by atoms with Crippen molar-refractivity contribution in [3.05, 3.63) is 41.0 Å². The summed E-state index contributed by atoms with van der Waals surface area (Å²) in [4.78, 5) is 36.7. The summed E-state index contributed by atoms with van der Waals surface area (Å²) < 4.78 is 2.55. The highest BCUT2D eigenvalue weighted by Gasteiger charge is 2.46. The maximum absolute atomic E-state index is 15.1. The molecule has 3 aromatic heterocycles. The number of amides is 2. The van der Waals surface area contributed by atoms with Crippen molar-refractivity contribution in [2.24, 2.45) is 0 Å². The van der Waals surface area contributed by atoms with Gasteiger partial charge >= 0.3 is 0 Å². The van der Waals surface area contributed by atoms with Crippen LogP contribution in [-0.2, 0) is 12.8 Å². The molecule has 72 heavy (non-hydrogen) atoms. The second-order valence-electron chi connectivity index (χ2n) is 22.4. The molecule has 5 rings (SSSR count). The van der Waals surface area contributed by atoms with E-state index in [0.29, 0.717) is 18.4 Å². The van der Waals surface area contributed by atoms with Gasteiger partial charge in [-0.2, -0.15) is 0 Å². The largest absolute Gasteiger partial charge is 0.274 e. The number of carbonyl (C=O) groups excluding carboxylic acids is 2. The van der Waals surface area contributed by atoms with Gasteiger partial charge < -0.3 is 0 Å². The Morgan fingerprint density at radius 3 is 0.944 bits per heavy atom. The average molecular weight is 1170 g/mol. The zero-order valence-corrected chi connectivity index (χ0v) is 52.4. The van der Waals surface area contributed by atoms with E-state index in [2.05, 4.69) is 66.5 Å². The zero-order chi connectivity index (χ0) is 51.3. The number of imide groups is 1. The Morgan fingerprint density at radius 2 is 0.625 bits per heavy atom. The van der Waals surface area contributed by atoms with Gasteiger partial charge in [-0.25, -0.2) is 0 Å². The molecule has 2 aliphatic rings. The van der Waals surface area contributed by atoms with Gasteiger partial charge in [0.1, 0.15) is 0 Å². The lowest BCUT2D eigenvalue weighted by Crippen LogP contribution is -2.31. The number of rotatable bonds is 43. The van der Waals surface area contributed by atoms with Gasteiger partial charge in [0.05, 0.1) is 38.2 Å². The van der Waals surface area contributed by atoms with E-state index >= 15 is 9.59 Å². The van der Waals surface area contributed by atoms with Crippen LogP contribution in [-0.4, -0.2) is 23.3 Å². The number of unbranched alkanes of at least 4 members (excludes halogenated alkanes) is 33. The van der Waals surface area contributed by atoms with Crippen LogP contribution in [0.1, 0.15) is 346 Å². The molecule has 5 heterocycles. The van der Waals surface area contributed by atoms with Crippen molar-refractivity contribution in [2.75, 3.05) is 6.54 Å². The molecule has 0 spiro atoms. The van der Waals surface area contributed by atoms with Gasteiger partial charge in [-0.05, 0) is 111 Å². The number of hydrogen-bond donors (Lipinski definition) is 0. The van der Waals surface area contributed by atoms with Crippen molar-refractivity contribution in [1.29, 1.82) is 0 Å². The van der Waals surface area contributed by atoms with Crippen LogP contribution in [0.2, 0.25) is 0 Å². The fourth-order valence-corrected chi connectivity index (χ4v) is 17.9. The van der Waals surface area contributed by atoms with Crippen LogP contribution >= 0.6 is 65.9 Å². The van der Waals surface area contributed by atoms with Gasteiger partial charge in [0.25, 0.3) is 11.8 Å². The third-order valence-electron chi connectivity index (χ3n) is 16.5. The monoisotopic (exact) mass is 1170 g/mol. The molecule has 408 valence electrons. The standard InChI is InChI=1S/C64H103Br2NO2S3/c1-6-11-16-21-26-31-36-41-46-51-53-49(44-39-34-29-24-19-14-9-4)50(45-40-35-30-25-20-15-10-5)54-52(47-42-37-32-27-22-17-12-7-2)62(66)72-58(54)60-56-55(59(70-60)57(53)71-61(51)65)63(68)67(64(56)69)48-43-38-33-28-23-18-13-8-3/h49-50H,6-48H2,1-5H3. The molecule has 3 nitrogen and oxygen atoms in total. The molecule has 2 atom stereocenters. The first-order valence-corrected chi connectivity index (χ1v) is 35.0. The third-order valence-corrected chi connectivity index (χ3v) is 22.0. The Labute approximate surface area is 471 Å². The summed E-state index contributed by atoms with van der Waals surface area (Å²) in [6, 6.07) is 0. The minimum absolute atomic E-state index is 0.0318. The van der Waals surface area contributed by atoms with Gasteiger partial charge in [-0.3, -0.25) is 14.5 Å². The summed E-state index contributed by atoms with van der Waals surface area (Å²) in [6.45, 7) is 12.1. The minimum atomic E-state index is -0.0318. The molecule has 2 bridgehead atoms. The number of halogens is 2. The SMILES string of the molecule is CCCCCCCCCCc1c(Br)sc2c1C(CCCCCCCCC)C(CCCCCCCCC)c1c(sc(Br)c1CCCCCCCCCC)-c1sc-2c2c1C(=O)N(CCCCCCCCCC)C2=O. The van der Waals surface area contributed by atoms with Gasteiger partial charge in [0.15, 0.2) is 0 Å². The summed E-state index contributed by atoms with van der Waals surface area (Å²) in [7, 11) is 0. The molecular formula is C64H103Br2NO2S3. The van der Waals surface area contributed by atoms with Gasteiger partial charge in [-0.1, -0.05) is 259 Å². The fraction of sp³-hybridized carbons (Fsp3) is 0.781. The predicted octanol–water partition coefficient (Wildman–Crippen LogP) is 24.3. The van der Waals surface area contributed by atoms with E-state index in [1.54, 1.807) is 16.0 Å². The molecule has 0 aromatic carbocycles. The van der Waals surface area contributed by atoms with Crippen molar-refractivity contribution in [3.63, 3.8) is 0 Å². The number of thiophene rings is 3. The van der Waals surface area contributed by atoms with Crippen LogP contribution in [0.25, 0.3) is 19.5 Å². The van der Waals surface area contributed by atoms with Crippen molar-refractivity contribution < 1.29 is 9.59 Å². The second kappa shape index (κ2) is 36.3. The van der Waals surface area contributed by atoms with E-state index in [-0.39, 0.29) is 11.8 Å². The highest BCUT2D eigenvalue weighted by molar-refractivity contribution is 9.11. The summed E-state index contributed by atoms with van der Waals surface area (Å²) in [5.41, 5.74) is 7.62. The molecule has 0 saturated heterocycles. The van der Waals surface area contributed by atoms with Crippen molar-refractivity contribution in [1.82, 2.24) is 4.90 Å². The smallest absolute Gasteiger partial charge is 0.263 e. The second-order valence-corrected chi connectivity index (χ2v) is 28.1. The van der Waals surface area contributed by atoms with E-state index in [1.165, 1.54) is 272 Å².